The lowest BCUT2D eigenvalue weighted by atomic mass is 9.92. The van der Waals surface area contributed by atoms with Crippen molar-refractivity contribution in [2.45, 2.75) is 34.6 Å². The van der Waals surface area contributed by atoms with Crippen molar-refractivity contribution < 1.29 is 0 Å². The van der Waals surface area contributed by atoms with E-state index in [0.29, 0.717) is 0 Å². The predicted molar refractivity (Wildman–Crippen MR) is 133 cm³/mol. The molecule has 3 aromatic carbocycles. The maximum atomic E-state index is 4.20. The average molecular weight is 392 g/mol. The second-order valence-corrected chi connectivity index (χ2v) is 8.46. The van der Waals surface area contributed by atoms with Crippen LogP contribution in [-0.4, -0.2) is 4.98 Å². The lowest BCUT2D eigenvalue weighted by Crippen LogP contribution is -1.90. The first kappa shape index (κ1) is 20.0. The molecule has 0 unspecified atom stereocenters. The summed E-state index contributed by atoms with van der Waals surface area (Å²) in [6.45, 7) is 18.9. The van der Waals surface area contributed by atoms with Gasteiger partial charge in [-0.25, -0.2) is 0 Å². The molecule has 0 spiro atoms. The van der Waals surface area contributed by atoms with Gasteiger partial charge in [0.15, 0.2) is 0 Å². The molecule has 1 nitrogen and oxygen atoms in total. The first-order valence-corrected chi connectivity index (χ1v) is 10.4. The summed E-state index contributed by atoms with van der Waals surface area (Å²) >= 11 is 0. The molecule has 0 aliphatic heterocycles. The van der Waals surface area contributed by atoms with Gasteiger partial charge in [-0.15, -0.1) is 0 Å². The van der Waals surface area contributed by atoms with E-state index in [9.17, 15) is 0 Å². The fraction of sp³-hybridized carbons (Fsp3) is 0.172. The molecule has 1 N–H and O–H groups in total. The van der Waals surface area contributed by atoms with Crippen LogP contribution in [0.15, 0.2) is 78.9 Å². The number of fused-ring (bicyclic) bond motifs is 3. The van der Waals surface area contributed by atoms with Crippen molar-refractivity contribution in [3.05, 3.63) is 101 Å². The average Bonchev–Trinajstić information content (AvgIpc) is 3.04. The van der Waals surface area contributed by atoms with E-state index in [1.807, 2.05) is 6.08 Å². The van der Waals surface area contributed by atoms with Crippen molar-refractivity contribution in [2.24, 2.45) is 0 Å². The van der Waals surface area contributed by atoms with Crippen molar-refractivity contribution in [1.29, 1.82) is 0 Å². The number of hydrogen-bond acceptors (Lipinski definition) is 0. The normalized spacial score (nSPS) is 12.3. The minimum absolute atomic E-state index is 1.05. The number of aryl methyl sites for hydroxylation is 3. The van der Waals surface area contributed by atoms with Gasteiger partial charge in [0, 0.05) is 21.8 Å². The van der Waals surface area contributed by atoms with Crippen LogP contribution in [0, 0.1) is 20.8 Å². The molecule has 0 saturated heterocycles. The van der Waals surface area contributed by atoms with Crippen LogP contribution in [0.1, 0.15) is 36.1 Å². The van der Waals surface area contributed by atoms with Gasteiger partial charge in [0.2, 0.25) is 0 Å². The third kappa shape index (κ3) is 3.31. The van der Waals surface area contributed by atoms with E-state index in [1.54, 1.807) is 0 Å². The highest BCUT2D eigenvalue weighted by Crippen LogP contribution is 2.35. The first-order valence-electron chi connectivity index (χ1n) is 10.4. The zero-order valence-corrected chi connectivity index (χ0v) is 18.6. The van der Waals surface area contributed by atoms with Crippen molar-refractivity contribution in [1.82, 2.24) is 4.98 Å². The third-order valence-electron chi connectivity index (χ3n) is 5.98. The summed E-state index contributed by atoms with van der Waals surface area (Å²) in [6.07, 6.45) is 1.91. The van der Waals surface area contributed by atoms with Gasteiger partial charge in [-0.2, -0.15) is 0 Å². The molecule has 0 fully saturated rings. The number of nitrogens with one attached hydrogen (secondary N) is 1. The summed E-state index contributed by atoms with van der Waals surface area (Å²) in [5.41, 5.74) is 13.4. The predicted octanol–water partition coefficient (Wildman–Crippen LogP) is 8.45. The van der Waals surface area contributed by atoms with Crippen LogP contribution in [-0.2, 0) is 0 Å². The monoisotopic (exact) mass is 391 g/mol. The molecular formula is C29H29N. The molecule has 1 aromatic heterocycles. The van der Waals surface area contributed by atoms with Gasteiger partial charge in [-0.05, 0) is 97.8 Å². The van der Waals surface area contributed by atoms with Crippen molar-refractivity contribution in [2.75, 3.05) is 0 Å². The second kappa shape index (κ2) is 7.50. The molecule has 150 valence electrons. The number of aromatic amines is 1. The highest BCUT2D eigenvalue weighted by atomic mass is 14.7. The summed E-state index contributed by atoms with van der Waals surface area (Å²) in [4.78, 5) is 3.57. The molecule has 1 heteroatoms. The Labute approximate surface area is 179 Å². The van der Waals surface area contributed by atoms with E-state index in [4.69, 9.17) is 0 Å². The standard InChI is InChI=1S/C29H29N/c1-8-19(5)28(17(2)3)22-9-11-26-24(15-22)25-16-23(10-12-27(25)30-26)29-20(6)13-18(4)14-21(29)7/h8-16,30H,1-2H2,3-7H3. The highest BCUT2D eigenvalue weighted by Gasteiger charge is 2.12. The van der Waals surface area contributed by atoms with Gasteiger partial charge >= 0.3 is 0 Å². The number of hydrogen-bond donors (Lipinski definition) is 1. The molecule has 4 aromatic rings. The maximum Gasteiger partial charge on any atom is 0.0465 e. The number of aromatic nitrogens is 1. The number of rotatable bonds is 4. The topological polar surface area (TPSA) is 15.8 Å². The van der Waals surface area contributed by atoms with Crippen molar-refractivity contribution >= 4 is 27.4 Å². The van der Waals surface area contributed by atoms with Gasteiger partial charge in [-0.1, -0.05) is 54.6 Å². The Hall–Kier alpha value is -3.32. The summed E-state index contributed by atoms with van der Waals surface area (Å²) in [7, 11) is 0. The van der Waals surface area contributed by atoms with E-state index < -0.39 is 0 Å². The van der Waals surface area contributed by atoms with E-state index >= 15 is 0 Å². The minimum Gasteiger partial charge on any atom is -0.355 e. The highest BCUT2D eigenvalue weighted by molar-refractivity contribution is 6.09. The summed E-state index contributed by atoms with van der Waals surface area (Å²) in [5.74, 6) is 0. The Morgan fingerprint density at radius 1 is 0.833 bits per heavy atom. The van der Waals surface area contributed by atoms with Crippen molar-refractivity contribution in [3.8, 4) is 11.1 Å². The van der Waals surface area contributed by atoms with E-state index in [2.05, 4.69) is 101 Å². The maximum absolute atomic E-state index is 4.20. The molecule has 0 radical (unpaired) electrons. The second-order valence-electron chi connectivity index (χ2n) is 8.46. The van der Waals surface area contributed by atoms with Crippen molar-refractivity contribution in [3.63, 3.8) is 0 Å². The van der Waals surface area contributed by atoms with Crippen LogP contribution >= 0.6 is 0 Å². The molecule has 30 heavy (non-hydrogen) atoms. The molecule has 0 aliphatic carbocycles. The molecule has 0 bridgehead atoms. The van der Waals surface area contributed by atoms with Crippen LogP contribution in [0.4, 0.5) is 0 Å². The zero-order valence-electron chi connectivity index (χ0n) is 18.6. The van der Waals surface area contributed by atoms with Crippen LogP contribution < -0.4 is 0 Å². The Morgan fingerprint density at radius 2 is 1.43 bits per heavy atom. The fourth-order valence-electron chi connectivity index (χ4n) is 4.76. The Bertz CT molecular complexity index is 1340. The molecule has 0 aliphatic rings. The lowest BCUT2D eigenvalue weighted by Gasteiger charge is -2.12. The minimum atomic E-state index is 1.05. The Balaban J connectivity index is 1.97. The molecule has 0 saturated carbocycles. The van der Waals surface area contributed by atoms with Gasteiger partial charge in [0.1, 0.15) is 0 Å². The quantitative estimate of drug-likeness (QED) is 0.336. The van der Waals surface area contributed by atoms with Crippen LogP contribution in [0.5, 0.6) is 0 Å². The summed E-state index contributed by atoms with van der Waals surface area (Å²) in [5, 5.41) is 2.49. The van der Waals surface area contributed by atoms with E-state index in [0.717, 1.165) is 22.2 Å². The molecular weight excluding hydrogens is 362 g/mol. The molecule has 1 heterocycles. The Kier molecular flexibility index (Phi) is 4.99. The Morgan fingerprint density at radius 3 is 2.03 bits per heavy atom. The smallest absolute Gasteiger partial charge is 0.0465 e. The summed E-state index contributed by atoms with van der Waals surface area (Å²) in [6, 6.07) is 17.9. The largest absolute Gasteiger partial charge is 0.355 e. The molecule has 4 rings (SSSR count). The number of allylic oxidation sites excluding steroid dienone is 4. The van der Waals surface area contributed by atoms with Crippen LogP contribution in [0.3, 0.4) is 0 Å². The van der Waals surface area contributed by atoms with Gasteiger partial charge in [-0.3, -0.25) is 0 Å². The van der Waals surface area contributed by atoms with Crippen LogP contribution in [0.25, 0.3) is 38.5 Å². The molecule has 0 amide bonds. The van der Waals surface area contributed by atoms with Gasteiger partial charge in [0.25, 0.3) is 0 Å². The van der Waals surface area contributed by atoms with E-state index in [-0.39, 0.29) is 0 Å². The lowest BCUT2D eigenvalue weighted by molar-refractivity contribution is 1.32. The number of benzene rings is 3. The third-order valence-corrected chi connectivity index (χ3v) is 5.98. The fourth-order valence-corrected chi connectivity index (χ4v) is 4.76. The van der Waals surface area contributed by atoms with Gasteiger partial charge < -0.3 is 4.98 Å². The van der Waals surface area contributed by atoms with Gasteiger partial charge in [0.05, 0.1) is 0 Å². The summed E-state index contributed by atoms with van der Waals surface area (Å²) < 4.78 is 0. The van der Waals surface area contributed by atoms with Crippen LogP contribution in [0.2, 0.25) is 0 Å². The SMILES string of the molecule is C=CC(C)=C(C(=C)C)c1ccc2[nH]c3ccc(-c4c(C)cc(C)cc4C)cc3c2c1. The zero-order chi connectivity index (χ0) is 21.6. The number of H-pyrrole nitrogens is 1. The molecule has 0 atom stereocenters. The first-order chi connectivity index (χ1) is 14.3. The van der Waals surface area contributed by atoms with E-state index in [1.165, 1.54) is 49.7 Å².